The summed E-state index contributed by atoms with van der Waals surface area (Å²) in [6, 6.07) is 0. The second kappa shape index (κ2) is 5.48. The van der Waals surface area contributed by atoms with Crippen molar-refractivity contribution < 1.29 is 9.53 Å². The van der Waals surface area contributed by atoms with E-state index in [1.807, 2.05) is 6.92 Å². The third-order valence-electron chi connectivity index (χ3n) is 3.02. The normalized spacial score (nSPS) is 14.9. The number of methoxy groups -OCH3 is 1. The van der Waals surface area contributed by atoms with Gasteiger partial charge in [-0.15, -0.1) is 11.3 Å². The van der Waals surface area contributed by atoms with Crippen molar-refractivity contribution in [1.82, 2.24) is 5.32 Å². The van der Waals surface area contributed by atoms with Crippen molar-refractivity contribution in [1.29, 1.82) is 0 Å². The van der Waals surface area contributed by atoms with Gasteiger partial charge < -0.3 is 20.7 Å². The molecule has 3 N–H and O–H groups in total. The zero-order chi connectivity index (χ0) is 13.1. The van der Waals surface area contributed by atoms with Gasteiger partial charge in [-0.05, 0) is 19.8 Å². The highest BCUT2D eigenvalue weighted by atomic mass is 32.1. The zero-order valence-corrected chi connectivity index (χ0v) is 11.6. The van der Waals surface area contributed by atoms with Crippen molar-refractivity contribution in [3.8, 4) is 5.75 Å². The maximum absolute atomic E-state index is 11.9. The van der Waals surface area contributed by atoms with Crippen molar-refractivity contribution in [2.24, 2.45) is 0 Å². The van der Waals surface area contributed by atoms with Crippen LogP contribution < -0.4 is 20.7 Å². The Morgan fingerprint density at radius 1 is 1.50 bits per heavy atom. The highest BCUT2D eigenvalue weighted by molar-refractivity contribution is 7.19. The van der Waals surface area contributed by atoms with Gasteiger partial charge in [-0.1, -0.05) is 0 Å². The Balaban J connectivity index is 2.34. The summed E-state index contributed by atoms with van der Waals surface area (Å²) in [5, 5.41) is 3.76. The smallest absolute Gasteiger partial charge is 0.263 e. The Labute approximate surface area is 111 Å². The lowest BCUT2D eigenvalue weighted by Gasteiger charge is -2.16. The van der Waals surface area contributed by atoms with E-state index in [4.69, 9.17) is 10.5 Å². The van der Waals surface area contributed by atoms with E-state index in [9.17, 15) is 4.79 Å². The molecule has 0 radical (unpaired) electrons. The Morgan fingerprint density at radius 3 is 2.72 bits per heavy atom. The fraction of sp³-hybridized carbons (Fsp3) is 0.583. The van der Waals surface area contributed by atoms with Crippen molar-refractivity contribution in [2.75, 3.05) is 37.4 Å². The molecular formula is C12H19N3O2S. The summed E-state index contributed by atoms with van der Waals surface area (Å²) in [7, 11) is 1.60. The largest absolute Gasteiger partial charge is 0.492 e. The molecule has 18 heavy (non-hydrogen) atoms. The van der Waals surface area contributed by atoms with E-state index in [0.717, 1.165) is 18.1 Å². The van der Waals surface area contributed by atoms with Crippen LogP contribution in [-0.4, -0.2) is 32.7 Å². The molecule has 2 heterocycles. The number of nitrogens with one attached hydrogen (secondary N) is 1. The summed E-state index contributed by atoms with van der Waals surface area (Å²) in [5.41, 5.74) is 6.47. The molecule has 1 aliphatic heterocycles. The minimum Gasteiger partial charge on any atom is -0.492 e. The Morgan fingerprint density at radius 2 is 2.17 bits per heavy atom. The molecule has 1 aromatic rings. The number of nitrogen functional groups attached to an aromatic ring is 1. The SMILES string of the molecule is CCNC(=O)c1sc(N2CCCC2)c(OC)c1N. The third-order valence-corrected chi connectivity index (χ3v) is 4.27. The zero-order valence-electron chi connectivity index (χ0n) is 10.8. The number of nitrogens with two attached hydrogens (primary N) is 1. The first kappa shape index (κ1) is 13.0. The lowest BCUT2D eigenvalue weighted by atomic mass is 10.3. The summed E-state index contributed by atoms with van der Waals surface area (Å²) in [4.78, 5) is 14.7. The maximum atomic E-state index is 11.9. The van der Waals surface area contributed by atoms with Crippen LogP contribution >= 0.6 is 11.3 Å². The van der Waals surface area contributed by atoms with Crippen LogP contribution in [0.1, 0.15) is 29.4 Å². The van der Waals surface area contributed by atoms with E-state index in [1.54, 1.807) is 7.11 Å². The van der Waals surface area contributed by atoms with Crippen LogP contribution in [0.2, 0.25) is 0 Å². The molecule has 5 nitrogen and oxygen atoms in total. The van der Waals surface area contributed by atoms with Gasteiger partial charge in [0.25, 0.3) is 5.91 Å². The van der Waals surface area contributed by atoms with Crippen LogP contribution in [0.15, 0.2) is 0 Å². The number of rotatable bonds is 4. The van der Waals surface area contributed by atoms with E-state index < -0.39 is 0 Å². The minimum absolute atomic E-state index is 0.122. The van der Waals surface area contributed by atoms with E-state index >= 15 is 0 Å². The molecule has 0 bridgehead atoms. The molecule has 6 heteroatoms. The number of hydrogen-bond acceptors (Lipinski definition) is 5. The highest BCUT2D eigenvalue weighted by Crippen LogP contribution is 2.45. The predicted octanol–water partition coefficient (Wildman–Crippen LogP) is 1.69. The fourth-order valence-corrected chi connectivity index (χ4v) is 3.31. The quantitative estimate of drug-likeness (QED) is 0.873. The lowest BCUT2D eigenvalue weighted by Crippen LogP contribution is -2.22. The van der Waals surface area contributed by atoms with Crippen molar-refractivity contribution in [3.05, 3.63) is 4.88 Å². The van der Waals surface area contributed by atoms with Crippen LogP contribution in [0.5, 0.6) is 5.75 Å². The molecule has 1 aliphatic rings. The third kappa shape index (κ3) is 2.25. The molecule has 1 fully saturated rings. The first-order chi connectivity index (χ1) is 8.69. The molecule has 0 atom stereocenters. The molecule has 1 amide bonds. The monoisotopic (exact) mass is 269 g/mol. The molecule has 100 valence electrons. The summed E-state index contributed by atoms with van der Waals surface area (Å²) in [6.45, 7) is 4.49. The van der Waals surface area contributed by atoms with E-state index in [0.29, 0.717) is 22.9 Å². The van der Waals surface area contributed by atoms with Crippen LogP contribution in [0.3, 0.4) is 0 Å². The number of hydrogen-bond donors (Lipinski definition) is 2. The van der Waals surface area contributed by atoms with Gasteiger partial charge in [-0.25, -0.2) is 0 Å². The fourth-order valence-electron chi connectivity index (χ4n) is 2.15. The number of ether oxygens (including phenoxy) is 1. The number of amides is 1. The molecule has 0 aliphatic carbocycles. The second-order valence-electron chi connectivity index (χ2n) is 4.24. The van der Waals surface area contributed by atoms with Crippen LogP contribution in [-0.2, 0) is 0 Å². The molecular weight excluding hydrogens is 250 g/mol. The molecule has 0 spiro atoms. The summed E-state index contributed by atoms with van der Waals surface area (Å²) < 4.78 is 5.36. The van der Waals surface area contributed by atoms with E-state index in [-0.39, 0.29) is 5.91 Å². The lowest BCUT2D eigenvalue weighted by molar-refractivity contribution is 0.0960. The van der Waals surface area contributed by atoms with Gasteiger partial charge in [0.15, 0.2) is 5.75 Å². The van der Waals surface area contributed by atoms with Gasteiger partial charge in [0, 0.05) is 19.6 Å². The van der Waals surface area contributed by atoms with Crippen molar-refractivity contribution in [2.45, 2.75) is 19.8 Å². The first-order valence-corrected chi connectivity index (χ1v) is 7.00. The molecule has 0 unspecified atom stereocenters. The van der Waals surface area contributed by atoms with Gasteiger partial charge >= 0.3 is 0 Å². The number of anilines is 2. The second-order valence-corrected chi connectivity index (χ2v) is 5.24. The molecule has 0 aromatic carbocycles. The molecule has 2 rings (SSSR count). The summed E-state index contributed by atoms with van der Waals surface area (Å²) in [6.07, 6.45) is 2.36. The minimum atomic E-state index is -0.122. The Bertz CT molecular complexity index is 439. The first-order valence-electron chi connectivity index (χ1n) is 6.18. The van der Waals surface area contributed by atoms with Crippen LogP contribution in [0.4, 0.5) is 10.7 Å². The molecule has 1 aromatic heterocycles. The number of carbonyl (C=O) groups excluding carboxylic acids is 1. The summed E-state index contributed by atoms with van der Waals surface area (Å²) in [5.74, 6) is 0.520. The van der Waals surface area contributed by atoms with E-state index in [1.165, 1.54) is 24.2 Å². The maximum Gasteiger partial charge on any atom is 0.263 e. The summed E-state index contributed by atoms with van der Waals surface area (Å²) >= 11 is 1.42. The Kier molecular flexibility index (Phi) is 3.96. The topological polar surface area (TPSA) is 67.6 Å². The van der Waals surface area contributed by atoms with Gasteiger partial charge in [0.2, 0.25) is 0 Å². The van der Waals surface area contributed by atoms with Gasteiger partial charge in [0.05, 0.1) is 7.11 Å². The predicted molar refractivity (Wildman–Crippen MR) is 74.7 cm³/mol. The number of carbonyl (C=O) groups is 1. The Hall–Kier alpha value is -1.43. The highest BCUT2D eigenvalue weighted by Gasteiger charge is 2.26. The molecule has 1 saturated heterocycles. The van der Waals surface area contributed by atoms with Gasteiger partial charge in [-0.2, -0.15) is 0 Å². The van der Waals surface area contributed by atoms with Crippen LogP contribution in [0, 0.1) is 0 Å². The standard InChI is InChI=1S/C12H19N3O2S/c1-3-14-11(16)10-8(13)9(17-2)12(18-10)15-6-4-5-7-15/h3-7,13H2,1-2H3,(H,14,16). The van der Waals surface area contributed by atoms with Crippen molar-refractivity contribution >= 4 is 27.9 Å². The van der Waals surface area contributed by atoms with E-state index in [2.05, 4.69) is 10.2 Å². The number of thiophene rings is 1. The van der Waals surface area contributed by atoms with Gasteiger partial charge in [0.1, 0.15) is 15.6 Å². The average molecular weight is 269 g/mol. The average Bonchev–Trinajstić information content (AvgIpc) is 2.96. The van der Waals surface area contributed by atoms with Crippen LogP contribution in [0.25, 0.3) is 0 Å². The van der Waals surface area contributed by atoms with Gasteiger partial charge in [-0.3, -0.25) is 4.79 Å². The number of nitrogens with zero attached hydrogens (tertiary/aromatic N) is 1. The molecule has 0 saturated carbocycles. The van der Waals surface area contributed by atoms with Crippen molar-refractivity contribution in [3.63, 3.8) is 0 Å².